The Hall–Kier alpha value is -2.14. The van der Waals surface area contributed by atoms with E-state index in [9.17, 15) is 4.79 Å². The summed E-state index contributed by atoms with van der Waals surface area (Å²) in [6, 6.07) is 13.0. The average molecular weight is 359 g/mol. The Morgan fingerprint density at radius 2 is 2.00 bits per heavy atom. The van der Waals surface area contributed by atoms with Gasteiger partial charge < -0.3 is 9.72 Å². The van der Waals surface area contributed by atoms with Crippen molar-refractivity contribution in [3.63, 3.8) is 0 Å². The van der Waals surface area contributed by atoms with Gasteiger partial charge in [-0.1, -0.05) is 25.1 Å². The number of H-pyrrole nitrogens is 1. The zero-order valence-electron chi connectivity index (χ0n) is 12.1. The minimum absolute atomic E-state index is 0.161. The predicted molar refractivity (Wildman–Crippen MR) is 91.3 cm³/mol. The number of rotatable bonds is 4. The van der Waals surface area contributed by atoms with Crippen LogP contribution in [0.1, 0.15) is 13.3 Å². The summed E-state index contributed by atoms with van der Waals surface area (Å²) in [5.74, 6) is 1.23. The SMILES string of the molecule is CCCOc1ccccc1-c1nc2c(Br)cccc2c(=O)[nH]1. The van der Waals surface area contributed by atoms with Gasteiger partial charge in [-0.25, -0.2) is 4.98 Å². The van der Waals surface area contributed by atoms with Crippen molar-refractivity contribution >= 4 is 26.8 Å². The summed E-state index contributed by atoms with van der Waals surface area (Å²) in [6.45, 7) is 2.67. The molecule has 0 aliphatic heterocycles. The number of fused-ring (bicyclic) bond motifs is 1. The van der Waals surface area contributed by atoms with Crippen LogP contribution in [0, 0.1) is 0 Å². The number of benzene rings is 2. The molecule has 22 heavy (non-hydrogen) atoms. The van der Waals surface area contributed by atoms with Crippen molar-refractivity contribution in [2.75, 3.05) is 6.61 Å². The molecule has 2 aromatic carbocycles. The molecule has 0 atom stereocenters. The number of para-hydroxylation sites is 2. The maximum absolute atomic E-state index is 12.3. The van der Waals surface area contributed by atoms with Crippen LogP contribution in [0.3, 0.4) is 0 Å². The van der Waals surface area contributed by atoms with Crippen LogP contribution in [-0.2, 0) is 0 Å². The third kappa shape index (κ3) is 2.76. The van der Waals surface area contributed by atoms with Gasteiger partial charge in [-0.3, -0.25) is 4.79 Å². The van der Waals surface area contributed by atoms with Crippen molar-refractivity contribution in [2.45, 2.75) is 13.3 Å². The molecule has 0 amide bonds. The first kappa shape index (κ1) is 14.8. The topological polar surface area (TPSA) is 55.0 Å². The highest BCUT2D eigenvalue weighted by Crippen LogP contribution is 2.28. The highest BCUT2D eigenvalue weighted by molar-refractivity contribution is 9.10. The maximum atomic E-state index is 12.3. The number of nitrogens with zero attached hydrogens (tertiary/aromatic N) is 1. The molecule has 0 bridgehead atoms. The van der Waals surface area contributed by atoms with Crippen LogP contribution in [0.4, 0.5) is 0 Å². The predicted octanol–water partition coefficient (Wildman–Crippen LogP) is 4.14. The summed E-state index contributed by atoms with van der Waals surface area (Å²) in [6.07, 6.45) is 0.918. The first-order valence-electron chi connectivity index (χ1n) is 7.11. The fraction of sp³-hybridized carbons (Fsp3) is 0.176. The van der Waals surface area contributed by atoms with E-state index in [1.807, 2.05) is 36.4 Å². The van der Waals surface area contributed by atoms with Gasteiger partial charge in [-0.15, -0.1) is 0 Å². The summed E-state index contributed by atoms with van der Waals surface area (Å²) in [5.41, 5.74) is 1.27. The normalized spacial score (nSPS) is 10.8. The fourth-order valence-corrected chi connectivity index (χ4v) is 2.71. The van der Waals surface area contributed by atoms with E-state index in [2.05, 4.69) is 32.8 Å². The highest BCUT2D eigenvalue weighted by atomic mass is 79.9. The van der Waals surface area contributed by atoms with Crippen molar-refractivity contribution < 1.29 is 4.74 Å². The molecule has 1 heterocycles. The molecule has 1 aromatic heterocycles. The van der Waals surface area contributed by atoms with E-state index in [4.69, 9.17) is 4.74 Å². The van der Waals surface area contributed by atoms with E-state index in [-0.39, 0.29) is 5.56 Å². The Morgan fingerprint density at radius 3 is 2.82 bits per heavy atom. The van der Waals surface area contributed by atoms with Gasteiger partial charge in [0, 0.05) is 4.47 Å². The third-order valence-electron chi connectivity index (χ3n) is 3.29. The molecule has 5 heteroatoms. The second-order valence-corrected chi connectivity index (χ2v) is 5.75. The molecule has 0 fully saturated rings. The van der Waals surface area contributed by atoms with Crippen molar-refractivity contribution in [1.29, 1.82) is 0 Å². The third-order valence-corrected chi connectivity index (χ3v) is 3.93. The molecule has 0 aliphatic rings. The molecule has 0 spiro atoms. The molecule has 0 saturated heterocycles. The van der Waals surface area contributed by atoms with E-state index in [1.165, 1.54) is 0 Å². The number of ether oxygens (including phenoxy) is 1. The molecular formula is C17H15BrN2O2. The van der Waals surface area contributed by atoms with Gasteiger partial charge >= 0.3 is 0 Å². The smallest absolute Gasteiger partial charge is 0.259 e. The van der Waals surface area contributed by atoms with Crippen LogP contribution < -0.4 is 10.3 Å². The second-order valence-electron chi connectivity index (χ2n) is 4.90. The standard InChI is InChI=1S/C17H15BrN2O2/c1-2-10-22-14-9-4-3-6-11(14)16-19-15-12(17(21)20-16)7-5-8-13(15)18/h3-9H,2,10H2,1H3,(H,19,20,21). The van der Waals surface area contributed by atoms with E-state index in [0.717, 1.165) is 22.2 Å². The Kier molecular flexibility index (Phi) is 4.24. The molecular weight excluding hydrogens is 344 g/mol. The molecule has 0 unspecified atom stereocenters. The number of hydrogen-bond acceptors (Lipinski definition) is 3. The van der Waals surface area contributed by atoms with Gasteiger partial charge in [0.15, 0.2) is 0 Å². The lowest BCUT2D eigenvalue weighted by Gasteiger charge is -2.11. The van der Waals surface area contributed by atoms with Crippen molar-refractivity contribution in [2.24, 2.45) is 0 Å². The molecule has 4 nitrogen and oxygen atoms in total. The summed E-state index contributed by atoms with van der Waals surface area (Å²) < 4.78 is 6.54. The van der Waals surface area contributed by atoms with Crippen molar-refractivity contribution in [3.8, 4) is 17.1 Å². The van der Waals surface area contributed by atoms with E-state index < -0.39 is 0 Å². The van der Waals surface area contributed by atoms with Crippen molar-refractivity contribution in [3.05, 3.63) is 57.3 Å². The Morgan fingerprint density at radius 1 is 1.18 bits per heavy atom. The van der Waals surface area contributed by atoms with E-state index in [1.54, 1.807) is 6.07 Å². The average Bonchev–Trinajstić information content (AvgIpc) is 2.54. The van der Waals surface area contributed by atoms with Gasteiger partial charge in [0.1, 0.15) is 11.6 Å². The van der Waals surface area contributed by atoms with E-state index in [0.29, 0.717) is 23.3 Å². The lowest BCUT2D eigenvalue weighted by Crippen LogP contribution is -2.10. The minimum Gasteiger partial charge on any atom is -0.493 e. The molecule has 1 N–H and O–H groups in total. The van der Waals surface area contributed by atoms with Crippen LogP contribution in [0.15, 0.2) is 51.7 Å². The molecule has 3 aromatic rings. The number of aromatic nitrogens is 2. The largest absolute Gasteiger partial charge is 0.493 e. The highest BCUT2D eigenvalue weighted by Gasteiger charge is 2.12. The summed E-state index contributed by atoms with van der Waals surface area (Å²) in [4.78, 5) is 19.7. The molecule has 0 aliphatic carbocycles. The van der Waals surface area contributed by atoms with Crippen LogP contribution >= 0.6 is 15.9 Å². The summed E-state index contributed by atoms with van der Waals surface area (Å²) >= 11 is 3.45. The Labute approximate surface area is 136 Å². The van der Waals surface area contributed by atoms with Crippen molar-refractivity contribution in [1.82, 2.24) is 9.97 Å². The Balaban J connectivity index is 2.19. The van der Waals surface area contributed by atoms with Gasteiger partial charge in [-0.05, 0) is 46.6 Å². The fourth-order valence-electron chi connectivity index (χ4n) is 2.25. The van der Waals surface area contributed by atoms with Crippen LogP contribution in [-0.4, -0.2) is 16.6 Å². The molecule has 3 rings (SSSR count). The minimum atomic E-state index is -0.161. The van der Waals surface area contributed by atoms with Gasteiger partial charge in [0.25, 0.3) is 5.56 Å². The summed E-state index contributed by atoms with van der Waals surface area (Å²) in [7, 11) is 0. The number of aromatic amines is 1. The van der Waals surface area contributed by atoms with Gasteiger partial charge in [-0.2, -0.15) is 0 Å². The molecule has 0 saturated carbocycles. The van der Waals surface area contributed by atoms with Crippen LogP contribution in [0.5, 0.6) is 5.75 Å². The number of halogens is 1. The van der Waals surface area contributed by atoms with Gasteiger partial charge in [0.2, 0.25) is 0 Å². The molecule has 112 valence electrons. The quantitative estimate of drug-likeness (QED) is 0.762. The molecule has 0 radical (unpaired) electrons. The number of hydrogen-bond donors (Lipinski definition) is 1. The van der Waals surface area contributed by atoms with Gasteiger partial charge in [0.05, 0.1) is 23.1 Å². The number of nitrogens with one attached hydrogen (secondary N) is 1. The Bertz CT molecular complexity index is 874. The van der Waals surface area contributed by atoms with Crippen LogP contribution in [0.2, 0.25) is 0 Å². The maximum Gasteiger partial charge on any atom is 0.259 e. The second kappa shape index (κ2) is 6.32. The van der Waals surface area contributed by atoms with Crippen LogP contribution in [0.25, 0.3) is 22.3 Å². The zero-order chi connectivity index (χ0) is 15.5. The zero-order valence-corrected chi connectivity index (χ0v) is 13.7. The monoisotopic (exact) mass is 358 g/mol. The first-order valence-corrected chi connectivity index (χ1v) is 7.90. The lowest BCUT2D eigenvalue weighted by molar-refractivity contribution is 0.318. The first-order chi connectivity index (χ1) is 10.7. The van der Waals surface area contributed by atoms with E-state index >= 15 is 0 Å². The lowest BCUT2D eigenvalue weighted by atomic mass is 10.1. The summed E-state index contributed by atoms with van der Waals surface area (Å²) in [5, 5.41) is 0.560.